The van der Waals surface area contributed by atoms with Gasteiger partial charge in [0.2, 0.25) is 5.95 Å². The van der Waals surface area contributed by atoms with Gasteiger partial charge >= 0.3 is 6.36 Å². The van der Waals surface area contributed by atoms with Gasteiger partial charge in [-0.2, -0.15) is 0 Å². The molecule has 9 heteroatoms. The Bertz CT molecular complexity index is 1220. The number of fused-ring (bicyclic) bond motifs is 1. The zero-order valence-electron chi connectivity index (χ0n) is 20.7. The number of nitrogens with one attached hydrogen (secondary N) is 1. The Hall–Kier alpha value is -3.07. The maximum atomic E-state index is 12.7. The van der Waals surface area contributed by atoms with Crippen molar-refractivity contribution >= 4 is 28.5 Å². The van der Waals surface area contributed by atoms with E-state index in [9.17, 15) is 18.0 Å². The van der Waals surface area contributed by atoms with Crippen LogP contribution in [0.2, 0.25) is 0 Å². The lowest BCUT2D eigenvalue weighted by Crippen LogP contribution is -2.29. The van der Waals surface area contributed by atoms with Crippen molar-refractivity contribution in [2.45, 2.75) is 65.3 Å². The molecule has 2 atom stereocenters. The lowest BCUT2D eigenvalue weighted by Gasteiger charge is -2.40. The topological polar surface area (TPSA) is 76.4 Å². The molecule has 36 heavy (non-hydrogen) atoms. The summed E-state index contributed by atoms with van der Waals surface area (Å²) in [6.45, 7) is 6.71. The van der Waals surface area contributed by atoms with Crippen LogP contribution in [-0.2, 0) is 0 Å². The molecule has 194 valence electrons. The summed E-state index contributed by atoms with van der Waals surface area (Å²) in [5.41, 5.74) is 2.83. The van der Waals surface area contributed by atoms with Gasteiger partial charge in [0.25, 0.3) is 0 Å². The van der Waals surface area contributed by atoms with E-state index in [1.165, 1.54) is 24.3 Å². The highest BCUT2D eigenvalue weighted by molar-refractivity contribution is 5.99. The van der Waals surface area contributed by atoms with Crippen LogP contribution in [0.4, 0.5) is 24.8 Å². The zero-order valence-corrected chi connectivity index (χ0v) is 20.7. The normalized spacial score (nSPS) is 19.9. The van der Waals surface area contributed by atoms with E-state index in [1.807, 2.05) is 12.1 Å². The summed E-state index contributed by atoms with van der Waals surface area (Å²) in [6.07, 6.45) is -1.08. The van der Waals surface area contributed by atoms with Gasteiger partial charge in [-0.3, -0.25) is 4.79 Å². The first-order valence-corrected chi connectivity index (χ1v) is 12.2. The summed E-state index contributed by atoms with van der Waals surface area (Å²) in [5.74, 6) is 0.739. The van der Waals surface area contributed by atoms with Gasteiger partial charge in [0.1, 0.15) is 5.75 Å². The van der Waals surface area contributed by atoms with Gasteiger partial charge < -0.3 is 19.7 Å². The van der Waals surface area contributed by atoms with Crippen LogP contribution < -0.4 is 10.1 Å². The van der Waals surface area contributed by atoms with Gasteiger partial charge in [-0.25, -0.2) is 4.98 Å². The summed E-state index contributed by atoms with van der Waals surface area (Å²) >= 11 is 0. The number of aliphatic hydroxyl groups excluding tert-OH is 1. The van der Waals surface area contributed by atoms with E-state index in [2.05, 4.69) is 35.4 Å². The lowest BCUT2D eigenvalue weighted by atomic mass is 9.70. The molecule has 0 aliphatic heterocycles. The van der Waals surface area contributed by atoms with Crippen LogP contribution in [-0.4, -0.2) is 33.4 Å². The molecule has 0 bridgehead atoms. The quantitative estimate of drug-likeness (QED) is 0.323. The number of nitrogens with zero attached hydrogens (tertiary/aromatic N) is 2. The highest BCUT2D eigenvalue weighted by Gasteiger charge is 2.35. The Balaban J connectivity index is 1.73. The Morgan fingerprint density at radius 3 is 2.56 bits per heavy atom. The maximum absolute atomic E-state index is 12.7. The molecule has 0 amide bonds. The van der Waals surface area contributed by atoms with Gasteiger partial charge in [0, 0.05) is 30.3 Å². The first-order chi connectivity index (χ1) is 16.9. The van der Waals surface area contributed by atoms with E-state index < -0.39 is 6.36 Å². The fraction of sp³-hybridized carbons (Fsp3) is 0.481. The van der Waals surface area contributed by atoms with Crippen molar-refractivity contribution in [3.05, 3.63) is 48.0 Å². The Morgan fingerprint density at radius 2 is 1.92 bits per heavy atom. The van der Waals surface area contributed by atoms with Crippen LogP contribution in [0.1, 0.15) is 69.3 Å². The highest BCUT2D eigenvalue weighted by atomic mass is 19.4. The molecule has 2 aromatic carbocycles. The Morgan fingerprint density at radius 1 is 1.19 bits per heavy atom. The monoisotopic (exact) mass is 503 g/mol. The number of aliphatic hydroxyl groups is 1. The molecule has 2 N–H and O–H groups in total. The number of hydrogen-bond donors (Lipinski definition) is 2. The third kappa shape index (κ3) is 6.19. The van der Waals surface area contributed by atoms with Gasteiger partial charge in [-0.1, -0.05) is 20.8 Å². The van der Waals surface area contributed by atoms with Crippen molar-refractivity contribution in [1.29, 1.82) is 0 Å². The molecule has 1 saturated carbocycles. The molecular formula is C27H32F3N3O3. The molecule has 0 radical (unpaired) electrons. The van der Waals surface area contributed by atoms with Gasteiger partial charge in [0.15, 0.2) is 5.78 Å². The van der Waals surface area contributed by atoms with E-state index in [1.54, 1.807) is 6.07 Å². The number of imidazole rings is 1. The number of halogens is 3. The second-order valence-corrected chi connectivity index (χ2v) is 10.5. The predicted octanol–water partition coefficient (Wildman–Crippen LogP) is 7.02. The first kappa shape index (κ1) is 26.0. The SMILES string of the molecule is C[C@H]1C[C@@H](n2c(Nc3ccc(OC(F)(F)F)cc3)nc3ccc(C(=O)CCCO)cc32)CC(C)(C)C1. The van der Waals surface area contributed by atoms with Crippen LogP contribution in [0.25, 0.3) is 11.0 Å². The minimum Gasteiger partial charge on any atom is -0.406 e. The van der Waals surface area contributed by atoms with E-state index in [-0.39, 0.29) is 36.0 Å². The number of rotatable bonds is 8. The van der Waals surface area contributed by atoms with Crippen LogP contribution in [0, 0.1) is 11.3 Å². The molecular weight excluding hydrogens is 471 g/mol. The predicted molar refractivity (Wildman–Crippen MR) is 133 cm³/mol. The smallest absolute Gasteiger partial charge is 0.406 e. The summed E-state index contributed by atoms with van der Waals surface area (Å²) in [4.78, 5) is 17.5. The average Bonchev–Trinajstić information content (AvgIpc) is 3.13. The maximum Gasteiger partial charge on any atom is 0.573 e. The number of aromatic nitrogens is 2. The van der Waals surface area contributed by atoms with E-state index in [4.69, 9.17) is 10.1 Å². The number of ether oxygens (including phenoxy) is 1. The summed E-state index contributed by atoms with van der Waals surface area (Å²) in [7, 11) is 0. The number of benzene rings is 2. The summed E-state index contributed by atoms with van der Waals surface area (Å²) < 4.78 is 43.7. The zero-order chi connectivity index (χ0) is 26.1. The average molecular weight is 504 g/mol. The minimum atomic E-state index is -4.75. The number of ketones is 1. The number of alkyl halides is 3. The van der Waals surface area contributed by atoms with Gasteiger partial charge in [0.05, 0.1) is 11.0 Å². The molecule has 0 saturated heterocycles. The fourth-order valence-electron chi connectivity index (χ4n) is 5.47. The van der Waals surface area contributed by atoms with Gasteiger partial charge in [-0.15, -0.1) is 13.2 Å². The van der Waals surface area contributed by atoms with Crippen molar-refractivity contribution in [3.63, 3.8) is 0 Å². The summed E-state index contributed by atoms with van der Waals surface area (Å²) in [5, 5.41) is 12.4. The molecule has 4 rings (SSSR count). The number of hydrogen-bond acceptors (Lipinski definition) is 5. The lowest BCUT2D eigenvalue weighted by molar-refractivity contribution is -0.274. The molecule has 1 aliphatic rings. The second kappa shape index (κ2) is 10.1. The molecule has 0 spiro atoms. The minimum absolute atomic E-state index is 0.0363. The van der Waals surface area contributed by atoms with Crippen LogP contribution in [0.15, 0.2) is 42.5 Å². The number of carbonyl (C=O) groups excluding carboxylic acids is 1. The van der Waals surface area contributed by atoms with Crippen LogP contribution in [0.5, 0.6) is 5.75 Å². The molecule has 3 aromatic rings. The van der Waals surface area contributed by atoms with Crippen molar-refractivity contribution in [2.24, 2.45) is 11.3 Å². The Kier molecular flexibility index (Phi) is 7.31. The fourth-order valence-corrected chi connectivity index (χ4v) is 5.47. The van der Waals surface area contributed by atoms with Gasteiger partial charge in [-0.05, 0) is 79.5 Å². The Labute approximate surface area is 208 Å². The van der Waals surface area contributed by atoms with Crippen molar-refractivity contribution < 1.29 is 27.8 Å². The number of Topliss-reactive ketones (excluding diaryl/α,β-unsaturated/α-hetero) is 1. The van der Waals surface area contributed by atoms with E-state index in [0.29, 0.717) is 29.5 Å². The number of carbonyl (C=O) groups is 1. The van der Waals surface area contributed by atoms with E-state index >= 15 is 0 Å². The molecule has 1 heterocycles. The molecule has 0 unspecified atom stereocenters. The summed E-state index contributed by atoms with van der Waals surface area (Å²) in [6, 6.07) is 11.1. The first-order valence-electron chi connectivity index (χ1n) is 12.2. The van der Waals surface area contributed by atoms with E-state index in [0.717, 1.165) is 30.3 Å². The molecule has 6 nitrogen and oxygen atoms in total. The molecule has 1 aromatic heterocycles. The molecule has 1 aliphatic carbocycles. The van der Waals surface area contributed by atoms with Crippen LogP contribution in [0.3, 0.4) is 0 Å². The third-order valence-corrected chi connectivity index (χ3v) is 6.65. The largest absolute Gasteiger partial charge is 0.573 e. The van der Waals surface area contributed by atoms with Crippen LogP contribution >= 0.6 is 0 Å². The standard InChI is InChI=1S/C27H32F3N3O3/c1-17-13-20(16-26(2,3)15-17)33-23-14-18(24(35)5-4-12-34)6-11-22(23)32-25(33)31-19-7-9-21(10-8-19)36-27(28,29)30/h6-11,14,17,20,34H,4-5,12-13,15-16H2,1-3H3,(H,31,32)/t17-,20+/m0/s1. The van der Waals surface area contributed by atoms with Crippen molar-refractivity contribution in [3.8, 4) is 5.75 Å². The highest BCUT2D eigenvalue weighted by Crippen LogP contribution is 2.46. The second-order valence-electron chi connectivity index (χ2n) is 10.5. The van der Waals surface area contributed by atoms with Crippen molar-refractivity contribution in [1.82, 2.24) is 9.55 Å². The van der Waals surface area contributed by atoms with Crippen molar-refractivity contribution in [2.75, 3.05) is 11.9 Å². The third-order valence-electron chi connectivity index (χ3n) is 6.65. The molecule has 1 fully saturated rings. The number of anilines is 2.